The number of hydrogen-bond acceptors (Lipinski definition) is 2. The molecule has 1 aromatic carbocycles. The summed E-state index contributed by atoms with van der Waals surface area (Å²) in [5.41, 5.74) is 0.474. The van der Waals surface area contributed by atoms with E-state index in [1.165, 1.54) is 18.9 Å². The Morgan fingerprint density at radius 2 is 2.00 bits per heavy atom. The summed E-state index contributed by atoms with van der Waals surface area (Å²) in [6, 6.07) is 4.12. The summed E-state index contributed by atoms with van der Waals surface area (Å²) < 4.78 is 25.6. The molecular weight excluding hydrogens is 238 g/mol. The Labute approximate surface area is 105 Å². The number of amides is 1. The Morgan fingerprint density at radius 3 is 2.67 bits per heavy atom. The monoisotopic (exact) mass is 254 g/mol. The quantitative estimate of drug-likeness (QED) is 0.753. The molecule has 1 saturated carbocycles. The van der Waals surface area contributed by atoms with E-state index in [-0.39, 0.29) is 12.3 Å². The summed E-state index contributed by atoms with van der Waals surface area (Å²) in [6.07, 6.45) is 2.49. The van der Waals surface area contributed by atoms with Gasteiger partial charge in [0.15, 0.2) is 11.6 Å². The van der Waals surface area contributed by atoms with E-state index in [4.69, 9.17) is 0 Å². The van der Waals surface area contributed by atoms with E-state index in [0.29, 0.717) is 18.2 Å². The van der Waals surface area contributed by atoms with Gasteiger partial charge < -0.3 is 10.6 Å². The molecule has 1 aliphatic rings. The van der Waals surface area contributed by atoms with Crippen molar-refractivity contribution in [1.82, 2.24) is 10.6 Å². The number of carbonyl (C=O) groups excluding carboxylic acids is 1. The van der Waals surface area contributed by atoms with Gasteiger partial charge in [-0.1, -0.05) is 6.07 Å². The molecule has 0 aliphatic heterocycles. The van der Waals surface area contributed by atoms with Crippen LogP contribution < -0.4 is 10.6 Å². The van der Waals surface area contributed by atoms with Gasteiger partial charge >= 0.3 is 0 Å². The van der Waals surface area contributed by atoms with Crippen LogP contribution in [0.5, 0.6) is 0 Å². The van der Waals surface area contributed by atoms with Crippen molar-refractivity contribution < 1.29 is 13.6 Å². The van der Waals surface area contributed by atoms with Gasteiger partial charge in [0.2, 0.25) is 5.91 Å². The van der Waals surface area contributed by atoms with Gasteiger partial charge in [-0.15, -0.1) is 0 Å². The largest absolute Gasteiger partial charge is 0.355 e. The molecular formula is C13H16F2N2O. The number of hydrogen-bond donors (Lipinski definition) is 2. The molecule has 0 aromatic heterocycles. The highest BCUT2D eigenvalue weighted by atomic mass is 19.2. The highest BCUT2D eigenvalue weighted by Gasteiger charge is 2.19. The predicted molar refractivity (Wildman–Crippen MR) is 64.1 cm³/mol. The summed E-state index contributed by atoms with van der Waals surface area (Å²) in [5, 5.41) is 6.00. The molecule has 0 spiro atoms. The highest BCUT2D eigenvalue weighted by molar-refractivity contribution is 5.78. The first-order valence-corrected chi connectivity index (χ1v) is 6.09. The van der Waals surface area contributed by atoms with Crippen molar-refractivity contribution >= 4 is 5.91 Å². The van der Waals surface area contributed by atoms with Crippen molar-refractivity contribution in [3.63, 3.8) is 0 Å². The van der Waals surface area contributed by atoms with Crippen LogP contribution in [0.3, 0.4) is 0 Å². The van der Waals surface area contributed by atoms with Crippen molar-refractivity contribution in [3.8, 4) is 0 Å². The molecule has 1 fully saturated rings. The average Bonchev–Trinajstić information content (AvgIpc) is 3.14. The van der Waals surface area contributed by atoms with Gasteiger partial charge in [-0.25, -0.2) is 8.78 Å². The minimum Gasteiger partial charge on any atom is -0.355 e. The maximum atomic E-state index is 12.9. The van der Waals surface area contributed by atoms with Crippen LogP contribution in [0.1, 0.15) is 18.4 Å². The topological polar surface area (TPSA) is 41.1 Å². The van der Waals surface area contributed by atoms with Gasteiger partial charge in [-0.2, -0.15) is 0 Å². The van der Waals surface area contributed by atoms with Crippen LogP contribution >= 0.6 is 0 Å². The van der Waals surface area contributed by atoms with Gasteiger partial charge in [0.1, 0.15) is 0 Å². The summed E-state index contributed by atoms with van der Waals surface area (Å²) in [4.78, 5) is 11.5. The lowest BCUT2D eigenvalue weighted by molar-refractivity contribution is -0.120. The number of carbonyl (C=O) groups is 1. The first kappa shape index (κ1) is 13.0. The zero-order chi connectivity index (χ0) is 13.0. The Bertz CT molecular complexity index is 433. The Kier molecular flexibility index (Phi) is 4.25. The zero-order valence-corrected chi connectivity index (χ0v) is 10.0. The summed E-state index contributed by atoms with van der Waals surface area (Å²) in [7, 11) is 0. The van der Waals surface area contributed by atoms with Crippen molar-refractivity contribution in [3.05, 3.63) is 35.4 Å². The third-order valence-electron chi connectivity index (χ3n) is 2.81. The van der Waals surface area contributed by atoms with E-state index in [9.17, 15) is 13.6 Å². The third kappa shape index (κ3) is 4.07. The van der Waals surface area contributed by atoms with Crippen LogP contribution in [0.2, 0.25) is 0 Å². The van der Waals surface area contributed by atoms with E-state index in [0.717, 1.165) is 18.7 Å². The van der Waals surface area contributed by atoms with E-state index in [1.54, 1.807) is 0 Å². The van der Waals surface area contributed by atoms with Crippen LogP contribution in [0.4, 0.5) is 8.78 Å². The summed E-state index contributed by atoms with van der Waals surface area (Å²) in [5.74, 6) is -2.00. The Balaban J connectivity index is 1.70. The maximum Gasteiger partial charge on any atom is 0.224 e. The second-order valence-electron chi connectivity index (χ2n) is 4.50. The fourth-order valence-electron chi connectivity index (χ4n) is 1.66. The number of benzene rings is 1. The fraction of sp³-hybridized carbons (Fsp3) is 0.462. The molecule has 0 saturated heterocycles. The van der Waals surface area contributed by atoms with Gasteiger partial charge in [0.25, 0.3) is 0 Å². The Hall–Kier alpha value is -1.49. The van der Waals surface area contributed by atoms with E-state index in [2.05, 4.69) is 10.6 Å². The lowest BCUT2D eigenvalue weighted by atomic mass is 10.1. The smallest absolute Gasteiger partial charge is 0.224 e. The molecule has 0 bridgehead atoms. The van der Waals surface area contributed by atoms with E-state index >= 15 is 0 Å². The molecule has 18 heavy (non-hydrogen) atoms. The lowest BCUT2D eigenvalue weighted by Gasteiger charge is -2.06. The molecule has 2 N–H and O–H groups in total. The second-order valence-corrected chi connectivity index (χ2v) is 4.50. The number of nitrogens with one attached hydrogen (secondary N) is 2. The summed E-state index contributed by atoms with van der Waals surface area (Å²) in [6.45, 7) is 1.30. The minimum absolute atomic E-state index is 0.0701. The van der Waals surface area contributed by atoms with Gasteiger partial charge in [-0.3, -0.25) is 4.79 Å². The molecule has 0 unspecified atom stereocenters. The van der Waals surface area contributed by atoms with Crippen LogP contribution in [-0.2, 0) is 11.2 Å². The van der Waals surface area contributed by atoms with Gasteiger partial charge in [-0.05, 0) is 30.5 Å². The lowest BCUT2D eigenvalue weighted by Crippen LogP contribution is -2.33. The first-order valence-electron chi connectivity index (χ1n) is 6.09. The molecule has 5 heteroatoms. The second kappa shape index (κ2) is 5.91. The van der Waals surface area contributed by atoms with Crippen LogP contribution in [0.15, 0.2) is 18.2 Å². The molecule has 1 aliphatic carbocycles. The standard InChI is InChI=1S/C13H16F2N2O/c14-11-4-1-9(7-12(11)15)8-13(18)17-6-5-16-10-2-3-10/h1,4,7,10,16H,2-3,5-6,8H2,(H,17,18). The van der Waals surface area contributed by atoms with Crippen LogP contribution in [0, 0.1) is 11.6 Å². The fourth-order valence-corrected chi connectivity index (χ4v) is 1.66. The van der Waals surface area contributed by atoms with Crippen LogP contribution in [-0.4, -0.2) is 25.0 Å². The van der Waals surface area contributed by atoms with Crippen LogP contribution in [0.25, 0.3) is 0 Å². The van der Waals surface area contributed by atoms with Gasteiger partial charge in [0, 0.05) is 19.1 Å². The Morgan fingerprint density at radius 1 is 1.22 bits per heavy atom. The number of rotatable bonds is 6. The van der Waals surface area contributed by atoms with Crippen molar-refractivity contribution in [2.24, 2.45) is 0 Å². The molecule has 0 radical (unpaired) electrons. The van der Waals surface area contributed by atoms with E-state index in [1.807, 2.05) is 0 Å². The number of halogens is 2. The SMILES string of the molecule is O=C(Cc1ccc(F)c(F)c1)NCCNC1CC1. The van der Waals surface area contributed by atoms with E-state index < -0.39 is 11.6 Å². The molecule has 2 rings (SSSR count). The molecule has 3 nitrogen and oxygen atoms in total. The van der Waals surface area contributed by atoms with Crippen molar-refractivity contribution in [2.45, 2.75) is 25.3 Å². The summed E-state index contributed by atoms with van der Waals surface area (Å²) >= 11 is 0. The maximum absolute atomic E-state index is 12.9. The van der Waals surface area contributed by atoms with Crippen molar-refractivity contribution in [1.29, 1.82) is 0 Å². The van der Waals surface area contributed by atoms with Crippen molar-refractivity contribution in [2.75, 3.05) is 13.1 Å². The minimum atomic E-state index is -0.921. The molecule has 1 aromatic rings. The molecule has 0 atom stereocenters. The zero-order valence-electron chi connectivity index (χ0n) is 10.0. The molecule has 98 valence electrons. The third-order valence-corrected chi connectivity index (χ3v) is 2.81. The molecule has 0 heterocycles. The first-order chi connectivity index (χ1) is 8.65. The normalized spacial score (nSPS) is 14.6. The molecule has 1 amide bonds. The highest BCUT2D eigenvalue weighted by Crippen LogP contribution is 2.17. The van der Waals surface area contributed by atoms with Gasteiger partial charge in [0.05, 0.1) is 6.42 Å². The predicted octanol–water partition coefficient (Wildman–Crippen LogP) is 1.38. The average molecular weight is 254 g/mol.